The molecule has 0 amide bonds. The molecule has 5 atom stereocenters. The first-order chi connectivity index (χ1) is 11.2. The van der Waals surface area contributed by atoms with Gasteiger partial charge in [-0.15, -0.1) is 0 Å². The predicted octanol–water partition coefficient (Wildman–Crippen LogP) is 2.08. The van der Waals surface area contributed by atoms with Crippen molar-refractivity contribution in [2.24, 2.45) is 11.8 Å². The molecule has 5 nitrogen and oxygen atoms in total. The SMILES string of the molecule is O[C@@H]1C[C@@H]2CN(Cc3ccc(C4CCCCO4)o3)C[C@@H]2C[C@H]1O. The molecule has 0 aromatic carbocycles. The third-order valence-electron chi connectivity index (χ3n) is 5.74. The van der Waals surface area contributed by atoms with E-state index in [1.54, 1.807) is 0 Å². The van der Waals surface area contributed by atoms with Gasteiger partial charge in [0.2, 0.25) is 0 Å². The lowest BCUT2D eigenvalue weighted by Gasteiger charge is -2.32. The third kappa shape index (κ3) is 3.33. The molecule has 3 fully saturated rings. The van der Waals surface area contributed by atoms with E-state index >= 15 is 0 Å². The Morgan fingerprint density at radius 3 is 2.43 bits per heavy atom. The molecule has 3 heterocycles. The van der Waals surface area contributed by atoms with Crippen LogP contribution in [0.5, 0.6) is 0 Å². The number of aliphatic hydroxyl groups excluding tert-OH is 2. The maximum atomic E-state index is 9.85. The summed E-state index contributed by atoms with van der Waals surface area (Å²) in [7, 11) is 0. The number of hydrogen-bond acceptors (Lipinski definition) is 5. The molecule has 1 unspecified atom stereocenters. The van der Waals surface area contributed by atoms with Gasteiger partial charge in [0.05, 0.1) is 18.8 Å². The van der Waals surface area contributed by atoms with Crippen molar-refractivity contribution in [2.45, 2.75) is 57.0 Å². The number of furan rings is 1. The first-order valence-electron chi connectivity index (χ1n) is 8.98. The maximum absolute atomic E-state index is 9.85. The summed E-state index contributed by atoms with van der Waals surface area (Å²) < 4.78 is 11.8. The van der Waals surface area contributed by atoms with Gasteiger partial charge in [0.15, 0.2) is 0 Å². The largest absolute Gasteiger partial charge is 0.462 e. The summed E-state index contributed by atoms with van der Waals surface area (Å²) in [6, 6.07) is 4.13. The molecule has 4 rings (SSSR count). The number of likely N-dealkylation sites (tertiary alicyclic amines) is 1. The van der Waals surface area contributed by atoms with Crippen LogP contribution in [-0.4, -0.2) is 47.0 Å². The van der Waals surface area contributed by atoms with Crippen LogP contribution >= 0.6 is 0 Å². The number of aliphatic hydroxyl groups is 2. The summed E-state index contributed by atoms with van der Waals surface area (Å²) in [6.07, 6.45) is 3.90. The highest BCUT2D eigenvalue weighted by molar-refractivity contribution is 5.10. The third-order valence-corrected chi connectivity index (χ3v) is 5.74. The van der Waals surface area contributed by atoms with Crippen molar-refractivity contribution < 1.29 is 19.4 Å². The number of rotatable bonds is 3. The van der Waals surface area contributed by atoms with Gasteiger partial charge in [-0.05, 0) is 56.1 Å². The van der Waals surface area contributed by atoms with E-state index in [4.69, 9.17) is 9.15 Å². The Morgan fingerprint density at radius 1 is 1.04 bits per heavy atom. The highest BCUT2D eigenvalue weighted by Gasteiger charge is 2.41. The van der Waals surface area contributed by atoms with Crippen LogP contribution in [0, 0.1) is 11.8 Å². The van der Waals surface area contributed by atoms with Gasteiger partial charge in [0.25, 0.3) is 0 Å². The minimum Gasteiger partial charge on any atom is -0.462 e. The number of fused-ring (bicyclic) bond motifs is 1. The van der Waals surface area contributed by atoms with E-state index < -0.39 is 12.2 Å². The zero-order chi connectivity index (χ0) is 15.8. The van der Waals surface area contributed by atoms with Crippen molar-refractivity contribution in [3.8, 4) is 0 Å². The molecule has 1 saturated carbocycles. The number of ether oxygens (including phenoxy) is 1. The van der Waals surface area contributed by atoms with E-state index in [9.17, 15) is 10.2 Å². The van der Waals surface area contributed by atoms with E-state index in [0.29, 0.717) is 11.8 Å². The Kier molecular flexibility index (Phi) is 4.46. The first kappa shape index (κ1) is 15.6. The van der Waals surface area contributed by atoms with Crippen LogP contribution in [0.25, 0.3) is 0 Å². The van der Waals surface area contributed by atoms with Gasteiger partial charge in [-0.2, -0.15) is 0 Å². The monoisotopic (exact) mass is 321 g/mol. The fraction of sp³-hybridized carbons (Fsp3) is 0.778. The molecule has 5 heteroatoms. The average molecular weight is 321 g/mol. The highest BCUT2D eigenvalue weighted by atomic mass is 16.5. The molecule has 1 aliphatic carbocycles. The van der Waals surface area contributed by atoms with Gasteiger partial charge in [0, 0.05) is 19.7 Å². The summed E-state index contributed by atoms with van der Waals surface area (Å²) in [6.45, 7) is 3.63. The summed E-state index contributed by atoms with van der Waals surface area (Å²) in [5.41, 5.74) is 0. The second kappa shape index (κ2) is 6.55. The van der Waals surface area contributed by atoms with Gasteiger partial charge >= 0.3 is 0 Å². The minimum atomic E-state index is -0.546. The molecule has 0 radical (unpaired) electrons. The Bertz CT molecular complexity index is 507. The van der Waals surface area contributed by atoms with Crippen LogP contribution in [-0.2, 0) is 11.3 Å². The fourth-order valence-electron chi connectivity index (χ4n) is 4.47. The summed E-state index contributed by atoms with van der Waals surface area (Å²) in [5.74, 6) is 2.96. The fourth-order valence-corrected chi connectivity index (χ4v) is 4.47. The van der Waals surface area contributed by atoms with E-state index in [-0.39, 0.29) is 6.10 Å². The molecular weight excluding hydrogens is 294 g/mol. The lowest BCUT2D eigenvalue weighted by Crippen LogP contribution is -2.38. The van der Waals surface area contributed by atoms with Crippen molar-refractivity contribution >= 4 is 0 Å². The molecule has 0 spiro atoms. The van der Waals surface area contributed by atoms with Gasteiger partial charge in [-0.1, -0.05) is 0 Å². The lowest BCUT2D eigenvalue weighted by molar-refractivity contribution is -0.0372. The molecule has 1 aromatic heterocycles. The van der Waals surface area contributed by atoms with Crippen LogP contribution < -0.4 is 0 Å². The van der Waals surface area contributed by atoms with Crippen LogP contribution in [0.1, 0.15) is 49.7 Å². The summed E-state index contributed by atoms with van der Waals surface area (Å²) >= 11 is 0. The number of nitrogens with zero attached hydrogens (tertiary/aromatic N) is 1. The Morgan fingerprint density at radius 2 is 1.78 bits per heavy atom. The molecule has 128 valence electrons. The molecular formula is C18H27NO4. The van der Waals surface area contributed by atoms with E-state index in [1.165, 1.54) is 6.42 Å². The van der Waals surface area contributed by atoms with Crippen molar-refractivity contribution in [2.75, 3.05) is 19.7 Å². The van der Waals surface area contributed by atoms with Gasteiger partial charge in [0.1, 0.15) is 17.6 Å². The van der Waals surface area contributed by atoms with Crippen molar-refractivity contribution in [1.82, 2.24) is 4.90 Å². The lowest BCUT2D eigenvalue weighted by atomic mass is 9.79. The zero-order valence-electron chi connectivity index (χ0n) is 13.6. The zero-order valence-corrected chi connectivity index (χ0v) is 13.6. The molecule has 2 aliphatic heterocycles. The minimum absolute atomic E-state index is 0.129. The first-order valence-corrected chi connectivity index (χ1v) is 8.98. The normalized spacial score (nSPS) is 38.6. The van der Waals surface area contributed by atoms with Gasteiger partial charge in [-0.3, -0.25) is 4.90 Å². The number of hydrogen-bond donors (Lipinski definition) is 2. The van der Waals surface area contributed by atoms with Crippen LogP contribution in [0.4, 0.5) is 0 Å². The summed E-state index contributed by atoms with van der Waals surface area (Å²) in [5, 5.41) is 19.7. The predicted molar refractivity (Wildman–Crippen MR) is 84.8 cm³/mol. The average Bonchev–Trinajstić information content (AvgIpc) is 3.16. The van der Waals surface area contributed by atoms with Crippen molar-refractivity contribution in [3.63, 3.8) is 0 Å². The van der Waals surface area contributed by atoms with Gasteiger partial charge < -0.3 is 19.4 Å². The second-order valence-electron chi connectivity index (χ2n) is 7.48. The van der Waals surface area contributed by atoms with Crippen LogP contribution in [0.2, 0.25) is 0 Å². The maximum Gasteiger partial charge on any atom is 0.133 e. The molecule has 23 heavy (non-hydrogen) atoms. The van der Waals surface area contributed by atoms with E-state index in [0.717, 1.165) is 63.4 Å². The van der Waals surface area contributed by atoms with Crippen molar-refractivity contribution in [3.05, 3.63) is 23.7 Å². The molecule has 3 aliphatic rings. The van der Waals surface area contributed by atoms with Gasteiger partial charge in [-0.25, -0.2) is 0 Å². The Hall–Kier alpha value is -0.880. The van der Waals surface area contributed by atoms with Crippen LogP contribution in [0.3, 0.4) is 0 Å². The van der Waals surface area contributed by atoms with Crippen LogP contribution in [0.15, 0.2) is 16.5 Å². The Balaban J connectivity index is 1.35. The molecule has 0 bridgehead atoms. The Labute approximate surface area is 137 Å². The van der Waals surface area contributed by atoms with E-state index in [2.05, 4.69) is 17.0 Å². The quantitative estimate of drug-likeness (QED) is 0.892. The molecule has 2 saturated heterocycles. The standard InChI is InChI=1S/C18H27NO4/c20-15-7-12-9-19(10-13(12)8-16(15)21)11-14-4-5-18(23-14)17-3-1-2-6-22-17/h4-5,12-13,15-17,20-21H,1-3,6-11H2/t12-,13+,15-,16-,17?/m1/s1. The topological polar surface area (TPSA) is 66.1 Å². The highest BCUT2D eigenvalue weighted by Crippen LogP contribution is 2.37. The van der Waals surface area contributed by atoms with Crippen molar-refractivity contribution in [1.29, 1.82) is 0 Å². The smallest absolute Gasteiger partial charge is 0.133 e. The molecule has 1 aromatic rings. The molecule has 2 N–H and O–H groups in total. The second-order valence-corrected chi connectivity index (χ2v) is 7.48. The summed E-state index contributed by atoms with van der Waals surface area (Å²) in [4.78, 5) is 2.39. The van der Waals surface area contributed by atoms with E-state index in [1.807, 2.05) is 0 Å².